The summed E-state index contributed by atoms with van der Waals surface area (Å²) < 4.78 is 0. The van der Waals surface area contributed by atoms with Crippen LogP contribution < -0.4 is 5.32 Å². The molecule has 0 aromatic heterocycles. The van der Waals surface area contributed by atoms with Gasteiger partial charge in [-0.15, -0.1) is 0 Å². The fraction of sp³-hybridized carbons (Fsp3) is 0.929. The molecule has 1 N–H and O–H groups in total. The zero-order valence-corrected chi connectivity index (χ0v) is 11.2. The molecule has 0 aromatic rings. The highest BCUT2D eigenvalue weighted by atomic mass is 16.2. The third-order valence-corrected chi connectivity index (χ3v) is 4.49. The summed E-state index contributed by atoms with van der Waals surface area (Å²) in [5.41, 5.74) is 0. The van der Waals surface area contributed by atoms with Gasteiger partial charge in [0, 0.05) is 19.0 Å². The van der Waals surface area contributed by atoms with Gasteiger partial charge in [0.1, 0.15) is 0 Å². The van der Waals surface area contributed by atoms with Crippen molar-refractivity contribution in [3.05, 3.63) is 0 Å². The number of carbonyl (C=O) groups is 1. The molecular weight excluding hydrogens is 212 g/mol. The van der Waals surface area contributed by atoms with Crippen LogP contribution in [0.5, 0.6) is 0 Å². The third kappa shape index (κ3) is 3.01. The summed E-state index contributed by atoms with van der Waals surface area (Å²) in [7, 11) is 0. The summed E-state index contributed by atoms with van der Waals surface area (Å²) in [6.07, 6.45) is 7.40. The van der Waals surface area contributed by atoms with Crippen molar-refractivity contribution in [3.8, 4) is 0 Å². The number of carbonyl (C=O) groups excluding carboxylic acids is 1. The van der Waals surface area contributed by atoms with E-state index >= 15 is 0 Å². The van der Waals surface area contributed by atoms with Crippen LogP contribution in [0.1, 0.15) is 52.4 Å². The molecule has 17 heavy (non-hydrogen) atoms. The van der Waals surface area contributed by atoms with Crippen molar-refractivity contribution in [2.45, 2.75) is 64.5 Å². The van der Waals surface area contributed by atoms with Gasteiger partial charge in [-0.3, -0.25) is 4.79 Å². The van der Waals surface area contributed by atoms with Crippen LogP contribution >= 0.6 is 0 Å². The molecule has 2 rings (SSSR count). The molecule has 98 valence electrons. The largest absolute Gasteiger partial charge is 0.337 e. The second kappa shape index (κ2) is 5.85. The van der Waals surface area contributed by atoms with Crippen molar-refractivity contribution in [1.29, 1.82) is 0 Å². The van der Waals surface area contributed by atoms with Gasteiger partial charge in [-0.2, -0.15) is 0 Å². The lowest BCUT2D eigenvalue weighted by Gasteiger charge is -2.44. The molecule has 0 spiro atoms. The lowest BCUT2D eigenvalue weighted by molar-refractivity contribution is -0.136. The van der Waals surface area contributed by atoms with Crippen LogP contribution in [-0.4, -0.2) is 36.0 Å². The molecule has 1 heterocycles. The first-order valence-corrected chi connectivity index (χ1v) is 7.19. The predicted molar refractivity (Wildman–Crippen MR) is 69.8 cm³/mol. The molecule has 1 amide bonds. The molecule has 1 aliphatic carbocycles. The standard InChI is InChI=1S/C14H26N2O/c1-11-5-3-4-6-14(11)16(12(2)17)13-7-9-15-10-8-13/h11,13-15H,3-10H2,1-2H3/t11-,14+/m1/s1. The Morgan fingerprint density at radius 3 is 2.35 bits per heavy atom. The van der Waals surface area contributed by atoms with Crippen LogP contribution in [0, 0.1) is 5.92 Å². The van der Waals surface area contributed by atoms with Crippen molar-refractivity contribution in [2.75, 3.05) is 13.1 Å². The van der Waals surface area contributed by atoms with E-state index in [-0.39, 0.29) is 5.91 Å². The fourth-order valence-electron chi connectivity index (χ4n) is 3.56. The molecule has 3 heteroatoms. The van der Waals surface area contributed by atoms with Crippen LogP contribution in [-0.2, 0) is 4.79 Å². The van der Waals surface area contributed by atoms with Gasteiger partial charge in [-0.1, -0.05) is 19.8 Å². The molecule has 1 saturated carbocycles. The molecular formula is C14H26N2O. The Morgan fingerprint density at radius 2 is 1.76 bits per heavy atom. The number of piperidine rings is 1. The molecule has 0 unspecified atom stereocenters. The molecule has 2 aliphatic rings. The molecule has 2 fully saturated rings. The van der Waals surface area contributed by atoms with Crippen LogP contribution in [0.15, 0.2) is 0 Å². The highest BCUT2D eigenvalue weighted by molar-refractivity contribution is 5.74. The molecule has 1 aliphatic heterocycles. The van der Waals surface area contributed by atoms with Crippen LogP contribution in [0.3, 0.4) is 0 Å². The lowest BCUT2D eigenvalue weighted by Crippen LogP contribution is -2.53. The Hall–Kier alpha value is -0.570. The topological polar surface area (TPSA) is 32.3 Å². The van der Waals surface area contributed by atoms with Crippen LogP contribution in [0.4, 0.5) is 0 Å². The zero-order chi connectivity index (χ0) is 12.3. The Morgan fingerprint density at radius 1 is 1.12 bits per heavy atom. The molecule has 0 bridgehead atoms. The van der Waals surface area contributed by atoms with E-state index in [0.29, 0.717) is 18.0 Å². The van der Waals surface area contributed by atoms with Gasteiger partial charge in [0.2, 0.25) is 5.91 Å². The summed E-state index contributed by atoms with van der Waals surface area (Å²) in [5, 5.41) is 3.38. The molecule has 3 nitrogen and oxygen atoms in total. The monoisotopic (exact) mass is 238 g/mol. The SMILES string of the molecule is CC(=O)N(C1CCNCC1)[C@H]1CCCC[C@H]1C. The molecule has 1 saturated heterocycles. The first-order chi connectivity index (χ1) is 8.20. The van der Waals surface area contributed by atoms with Crippen molar-refractivity contribution in [2.24, 2.45) is 5.92 Å². The number of hydrogen-bond donors (Lipinski definition) is 1. The van der Waals surface area contributed by atoms with E-state index < -0.39 is 0 Å². The maximum Gasteiger partial charge on any atom is 0.219 e. The van der Waals surface area contributed by atoms with Crippen molar-refractivity contribution < 1.29 is 4.79 Å². The van der Waals surface area contributed by atoms with Crippen molar-refractivity contribution >= 4 is 5.91 Å². The van der Waals surface area contributed by atoms with Gasteiger partial charge < -0.3 is 10.2 Å². The predicted octanol–water partition coefficient (Wildman–Crippen LogP) is 2.17. The average Bonchev–Trinajstić information content (AvgIpc) is 2.33. The number of nitrogens with one attached hydrogen (secondary N) is 1. The summed E-state index contributed by atoms with van der Waals surface area (Å²) in [6.45, 7) is 6.20. The molecule has 0 radical (unpaired) electrons. The van der Waals surface area contributed by atoms with Gasteiger partial charge in [0.15, 0.2) is 0 Å². The quantitative estimate of drug-likeness (QED) is 0.799. The number of rotatable bonds is 2. The first-order valence-electron chi connectivity index (χ1n) is 7.19. The third-order valence-electron chi connectivity index (χ3n) is 4.49. The van der Waals surface area contributed by atoms with E-state index in [1.54, 1.807) is 6.92 Å². The minimum atomic E-state index is 0.288. The first kappa shape index (κ1) is 12.9. The smallest absolute Gasteiger partial charge is 0.219 e. The number of amides is 1. The van der Waals surface area contributed by atoms with Crippen molar-refractivity contribution in [1.82, 2.24) is 10.2 Å². The van der Waals surface area contributed by atoms with Gasteiger partial charge in [0.05, 0.1) is 0 Å². The van der Waals surface area contributed by atoms with Crippen molar-refractivity contribution in [3.63, 3.8) is 0 Å². The average molecular weight is 238 g/mol. The zero-order valence-electron chi connectivity index (χ0n) is 11.2. The second-order valence-electron chi connectivity index (χ2n) is 5.74. The Balaban J connectivity index is 2.06. The Bertz CT molecular complexity index is 261. The van der Waals surface area contributed by atoms with Gasteiger partial charge in [-0.05, 0) is 44.7 Å². The van der Waals surface area contributed by atoms with E-state index in [4.69, 9.17) is 0 Å². The van der Waals surface area contributed by atoms with Gasteiger partial charge in [0.25, 0.3) is 0 Å². The fourth-order valence-corrected chi connectivity index (χ4v) is 3.56. The lowest BCUT2D eigenvalue weighted by atomic mass is 9.83. The number of hydrogen-bond acceptors (Lipinski definition) is 2. The normalized spacial score (nSPS) is 31.2. The minimum absolute atomic E-state index is 0.288. The Kier molecular flexibility index (Phi) is 4.43. The van der Waals surface area contributed by atoms with Gasteiger partial charge in [-0.25, -0.2) is 0 Å². The maximum atomic E-state index is 12.0. The van der Waals surface area contributed by atoms with E-state index in [1.807, 2.05) is 0 Å². The molecule has 2 atom stereocenters. The highest BCUT2D eigenvalue weighted by Gasteiger charge is 2.33. The summed E-state index contributed by atoms with van der Waals surface area (Å²) >= 11 is 0. The summed E-state index contributed by atoms with van der Waals surface area (Å²) in [5.74, 6) is 0.971. The van der Waals surface area contributed by atoms with Gasteiger partial charge >= 0.3 is 0 Å². The summed E-state index contributed by atoms with van der Waals surface area (Å²) in [6, 6.07) is 0.989. The van der Waals surface area contributed by atoms with E-state index in [0.717, 1.165) is 25.9 Å². The Labute approximate surface area is 105 Å². The number of nitrogens with zero attached hydrogens (tertiary/aromatic N) is 1. The maximum absolute atomic E-state index is 12.0. The minimum Gasteiger partial charge on any atom is -0.337 e. The highest BCUT2D eigenvalue weighted by Crippen LogP contribution is 2.31. The van der Waals surface area contributed by atoms with E-state index in [1.165, 1.54) is 25.7 Å². The van der Waals surface area contributed by atoms with Crippen LogP contribution in [0.2, 0.25) is 0 Å². The second-order valence-corrected chi connectivity index (χ2v) is 5.74. The van der Waals surface area contributed by atoms with E-state index in [2.05, 4.69) is 17.1 Å². The molecule has 0 aromatic carbocycles. The summed E-state index contributed by atoms with van der Waals surface area (Å²) in [4.78, 5) is 14.2. The van der Waals surface area contributed by atoms with E-state index in [9.17, 15) is 4.79 Å². The van der Waals surface area contributed by atoms with Crippen LogP contribution in [0.25, 0.3) is 0 Å².